The second-order valence-corrected chi connectivity index (χ2v) is 5.26. The topological polar surface area (TPSA) is 30.2 Å². The SMILES string of the molecule is O=C(c1ccc(Br)o1)c1cc(C(F)(F)F)ccc1Br. The van der Waals surface area contributed by atoms with Crippen molar-refractivity contribution in [3.63, 3.8) is 0 Å². The molecule has 0 amide bonds. The molecule has 0 radical (unpaired) electrons. The molecule has 2 nitrogen and oxygen atoms in total. The standard InChI is InChI=1S/C12H5Br2F3O2/c13-8-2-1-6(12(15,16)17)5-7(8)11(18)9-3-4-10(14)19-9/h1-5H. The van der Waals surface area contributed by atoms with Crippen molar-refractivity contribution in [2.45, 2.75) is 6.18 Å². The van der Waals surface area contributed by atoms with Gasteiger partial charge in [-0.3, -0.25) is 4.79 Å². The minimum Gasteiger partial charge on any atom is -0.446 e. The van der Waals surface area contributed by atoms with E-state index in [0.717, 1.165) is 12.1 Å². The van der Waals surface area contributed by atoms with Gasteiger partial charge in [-0.25, -0.2) is 0 Å². The second kappa shape index (κ2) is 5.13. The number of halogens is 5. The molecule has 1 heterocycles. The summed E-state index contributed by atoms with van der Waals surface area (Å²) in [6.07, 6.45) is -4.50. The van der Waals surface area contributed by atoms with E-state index in [4.69, 9.17) is 4.42 Å². The fourth-order valence-corrected chi connectivity index (χ4v) is 2.18. The molecule has 2 rings (SSSR count). The van der Waals surface area contributed by atoms with Crippen LogP contribution in [0.2, 0.25) is 0 Å². The largest absolute Gasteiger partial charge is 0.446 e. The minimum absolute atomic E-state index is 0.0353. The molecule has 0 atom stereocenters. The molecule has 0 unspecified atom stereocenters. The highest BCUT2D eigenvalue weighted by molar-refractivity contribution is 9.10. The van der Waals surface area contributed by atoms with Crippen molar-refractivity contribution in [1.82, 2.24) is 0 Å². The molecule has 1 aromatic carbocycles. The highest BCUT2D eigenvalue weighted by atomic mass is 79.9. The molecule has 19 heavy (non-hydrogen) atoms. The van der Waals surface area contributed by atoms with E-state index in [9.17, 15) is 18.0 Å². The number of furan rings is 1. The lowest BCUT2D eigenvalue weighted by Crippen LogP contribution is -2.08. The first-order valence-electron chi connectivity index (χ1n) is 4.96. The number of benzene rings is 1. The van der Waals surface area contributed by atoms with Gasteiger partial charge in [-0.2, -0.15) is 13.2 Å². The summed E-state index contributed by atoms with van der Waals surface area (Å²) in [6, 6.07) is 5.77. The van der Waals surface area contributed by atoms with Crippen LogP contribution < -0.4 is 0 Å². The summed E-state index contributed by atoms with van der Waals surface area (Å²) in [5.74, 6) is -0.657. The molecule has 2 aromatic rings. The van der Waals surface area contributed by atoms with Crippen molar-refractivity contribution in [1.29, 1.82) is 0 Å². The summed E-state index contributed by atoms with van der Waals surface area (Å²) in [4.78, 5) is 12.0. The number of carbonyl (C=O) groups is 1. The van der Waals surface area contributed by atoms with E-state index in [1.807, 2.05) is 0 Å². The Hall–Kier alpha value is -1.08. The summed E-state index contributed by atoms with van der Waals surface area (Å²) >= 11 is 6.09. The number of hydrogen-bond acceptors (Lipinski definition) is 2. The maximum atomic E-state index is 12.6. The third-order valence-corrected chi connectivity index (χ3v) is 3.45. The van der Waals surface area contributed by atoms with Crippen LogP contribution in [0.5, 0.6) is 0 Å². The number of ketones is 1. The Morgan fingerprint density at radius 2 is 1.79 bits per heavy atom. The fraction of sp³-hybridized carbons (Fsp3) is 0.0833. The van der Waals surface area contributed by atoms with Crippen molar-refractivity contribution in [3.05, 3.63) is 56.4 Å². The maximum Gasteiger partial charge on any atom is 0.416 e. The molecule has 0 aliphatic rings. The van der Waals surface area contributed by atoms with Crippen molar-refractivity contribution in [2.75, 3.05) is 0 Å². The Morgan fingerprint density at radius 1 is 1.11 bits per heavy atom. The molecular formula is C12H5Br2F3O2. The van der Waals surface area contributed by atoms with Crippen LogP contribution in [0, 0.1) is 0 Å². The van der Waals surface area contributed by atoms with Gasteiger partial charge in [0.05, 0.1) is 5.56 Å². The monoisotopic (exact) mass is 396 g/mol. The van der Waals surface area contributed by atoms with Gasteiger partial charge in [0.1, 0.15) is 0 Å². The molecule has 0 fully saturated rings. The second-order valence-electron chi connectivity index (χ2n) is 3.63. The van der Waals surface area contributed by atoms with Gasteiger partial charge in [-0.1, -0.05) is 15.9 Å². The predicted octanol–water partition coefficient (Wildman–Crippen LogP) is 5.05. The number of carbonyl (C=O) groups excluding carboxylic acids is 1. The van der Waals surface area contributed by atoms with Crippen LogP contribution in [-0.4, -0.2) is 5.78 Å². The minimum atomic E-state index is -4.50. The smallest absolute Gasteiger partial charge is 0.416 e. The summed E-state index contributed by atoms with van der Waals surface area (Å²) in [5.41, 5.74) is -0.985. The Labute approximate surface area is 122 Å². The van der Waals surface area contributed by atoms with E-state index in [2.05, 4.69) is 31.9 Å². The predicted molar refractivity (Wildman–Crippen MR) is 69.0 cm³/mol. The van der Waals surface area contributed by atoms with Gasteiger partial charge >= 0.3 is 6.18 Å². The van der Waals surface area contributed by atoms with Crippen molar-refractivity contribution >= 4 is 37.6 Å². The zero-order chi connectivity index (χ0) is 14.2. The van der Waals surface area contributed by atoms with Crippen LogP contribution in [0.15, 0.2) is 43.9 Å². The van der Waals surface area contributed by atoms with Gasteiger partial charge in [0, 0.05) is 10.0 Å². The fourth-order valence-electron chi connectivity index (χ4n) is 1.44. The summed E-state index contributed by atoms with van der Waals surface area (Å²) in [7, 11) is 0. The molecule has 0 saturated heterocycles. The van der Waals surface area contributed by atoms with E-state index in [0.29, 0.717) is 4.67 Å². The van der Waals surface area contributed by atoms with Crippen LogP contribution in [-0.2, 0) is 6.18 Å². The third kappa shape index (κ3) is 3.09. The van der Waals surface area contributed by atoms with Gasteiger partial charge in [-0.15, -0.1) is 0 Å². The zero-order valence-corrected chi connectivity index (χ0v) is 12.3. The van der Waals surface area contributed by atoms with Crippen LogP contribution in [0.4, 0.5) is 13.2 Å². The Morgan fingerprint density at radius 3 is 2.32 bits per heavy atom. The molecule has 0 aliphatic carbocycles. The number of alkyl halides is 3. The quantitative estimate of drug-likeness (QED) is 0.663. The molecule has 0 saturated carbocycles. The number of rotatable bonds is 2. The molecule has 0 N–H and O–H groups in total. The first-order valence-corrected chi connectivity index (χ1v) is 6.54. The van der Waals surface area contributed by atoms with Gasteiger partial charge in [-0.05, 0) is 46.3 Å². The van der Waals surface area contributed by atoms with Gasteiger partial charge in [0.15, 0.2) is 10.4 Å². The maximum absolute atomic E-state index is 12.6. The lowest BCUT2D eigenvalue weighted by Gasteiger charge is -2.09. The van der Waals surface area contributed by atoms with Gasteiger partial charge in [0.2, 0.25) is 5.78 Å². The lowest BCUT2D eigenvalue weighted by molar-refractivity contribution is -0.137. The molecular weight excluding hydrogens is 393 g/mol. The molecule has 100 valence electrons. The Bertz CT molecular complexity index is 632. The highest BCUT2D eigenvalue weighted by Crippen LogP contribution is 2.33. The number of hydrogen-bond donors (Lipinski definition) is 0. The highest BCUT2D eigenvalue weighted by Gasteiger charge is 2.32. The molecule has 7 heteroatoms. The van der Waals surface area contributed by atoms with E-state index >= 15 is 0 Å². The van der Waals surface area contributed by atoms with E-state index in [-0.39, 0.29) is 15.8 Å². The third-order valence-electron chi connectivity index (χ3n) is 2.34. The average Bonchev–Trinajstić information content (AvgIpc) is 2.74. The summed E-state index contributed by atoms with van der Waals surface area (Å²) in [5, 5.41) is 0. The Balaban J connectivity index is 2.47. The lowest BCUT2D eigenvalue weighted by atomic mass is 10.1. The summed E-state index contributed by atoms with van der Waals surface area (Å²) < 4.78 is 43.5. The molecule has 1 aromatic heterocycles. The van der Waals surface area contributed by atoms with E-state index in [1.54, 1.807) is 0 Å². The first kappa shape index (κ1) is 14.3. The Kier molecular flexibility index (Phi) is 3.87. The van der Waals surface area contributed by atoms with E-state index < -0.39 is 17.5 Å². The normalized spacial score (nSPS) is 11.6. The molecule has 0 bridgehead atoms. The van der Waals surface area contributed by atoms with Crippen LogP contribution >= 0.6 is 31.9 Å². The zero-order valence-electron chi connectivity index (χ0n) is 9.09. The van der Waals surface area contributed by atoms with Gasteiger partial charge < -0.3 is 4.42 Å². The first-order chi connectivity index (χ1) is 8.79. The molecule has 0 aliphatic heterocycles. The van der Waals surface area contributed by atoms with Crippen molar-refractivity contribution in [2.24, 2.45) is 0 Å². The van der Waals surface area contributed by atoms with Crippen LogP contribution in [0.1, 0.15) is 21.7 Å². The average molecular weight is 398 g/mol. The molecule has 0 spiro atoms. The van der Waals surface area contributed by atoms with E-state index in [1.165, 1.54) is 18.2 Å². The van der Waals surface area contributed by atoms with Crippen LogP contribution in [0.3, 0.4) is 0 Å². The summed E-state index contributed by atoms with van der Waals surface area (Å²) in [6.45, 7) is 0. The van der Waals surface area contributed by atoms with Gasteiger partial charge in [0.25, 0.3) is 0 Å². The van der Waals surface area contributed by atoms with Crippen LogP contribution in [0.25, 0.3) is 0 Å². The van der Waals surface area contributed by atoms with Crippen molar-refractivity contribution < 1.29 is 22.4 Å². The van der Waals surface area contributed by atoms with Crippen molar-refractivity contribution in [3.8, 4) is 0 Å².